The van der Waals surface area contributed by atoms with E-state index in [4.69, 9.17) is 4.74 Å². The van der Waals surface area contributed by atoms with E-state index in [0.29, 0.717) is 6.10 Å². The highest BCUT2D eigenvalue weighted by Crippen LogP contribution is 2.12. The smallest absolute Gasteiger partial charge is 0.112 e. The van der Waals surface area contributed by atoms with Gasteiger partial charge in [0.15, 0.2) is 0 Å². The van der Waals surface area contributed by atoms with Crippen molar-refractivity contribution in [3.05, 3.63) is 0 Å². The monoisotopic (exact) mass is 150 g/mol. The van der Waals surface area contributed by atoms with Crippen LogP contribution in [0.15, 0.2) is 0 Å². The zero-order valence-electron chi connectivity index (χ0n) is 5.17. The Balaban J connectivity index is 0.000000405. The summed E-state index contributed by atoms with van der Waals surface area (Å²) in [6, 6.07) is 0. The molecule has 2 saturated heterocycles. The molecule has 2 fully saturated rings. The maximum absolute atomic E-state index is 5.34. The molecule has 4 heteroatoms. The van der Waals surface area contributed by atoms with Crippen LogP contribution in [0.5, 0.6) is 0 Å². The van der Waals surface area contributed by atoms with E-state index in [1.54, 1.807) is 0 Å². The van der Waals surface area contributed by atoms with Crippen molar-refractivity contribution < 1.29 is 4.74 Å². The SMILES string of the molecule is C1CC2CN(CO2)N1.Cl. The van der Waals surface area contributed by atoms with E-state index in [2.05, 4.69) is 10.4 Å². The Kier molecular flexibility index (Phi) is 2.29. The summed E-state index contributed by atoms with van der Waals surface area (Å²) in [6.45, 7) is 2.95. The molecule has 0 aromatic rings. The molecule has 0 aromatic carbocycles. The van der Waals surface area contributed by atoms with E-state index in [-0.39, 0.29) is 12.4 Å². The van der Waals surface area contributed by atoms with Gasteiger partial charge < -0.3 is 4.74 Å². The molecule has 0 spiro atoms. The van der Waals surface area contributed by atoms with Crippen LogP contribution < -0.4 is 5.43 Å². The molecule has 0 aromatic heterocycles. The Morgan fingerprint density at radius 1 is 1.56 bits per heavy atom. The molecule has 0 saturated carbocycles. The lowest BCUT2D eigenvalue weighted by Gasteiger charge is -2.19. The third-order valence-corrected chi connectivity index (χ3v) is 1.69. The topological polar surface area (TPSA) is 24.5 Å². The van der Waals surface area contributed by atoms with Crippen molar-refractivity contribution in [3.8, 4) is 0 Å². The van der Waals surface area contributed by atoms with Crippen LogP contribution in [0.2, 0.25) is 0 Å². The summed E-state index contributed by atoms with van der Waals surface area (Å²) in [6.07, 6.45) is 1.70. The van der Waals surface area contributed by atoms with Gasteiger partial charge in [-0.3, -0.25) is 5.43 Å². The van der Waals surface area contributed by atoms with Gasteiger partial charge >= 0.3 is 0 Å². The van der Waals surface area contributed by atoms with Gasteiger partial charge in [-0.25, -0.2) is 5.01 Å². The molecule has 2 atom stereocenters. The number of hydrazine groups is 1. The Hall–Kier alpha value is 0.170. The first-order valence-electron chi connectivity index (χ1n) is 3.05. The number of nitrogens with one attached hydrogen (secondary N) is 1. The minimum Gasteiger partial charge on any atom is -0.360 e. The average Bonchev–Trinajstić information content (AvgIpc) is 2.12. The molecular formula is C5H11ClN2O. The van der Waals surface area contributed by atoms with Crippen molar-refractivity contribution in [1.82, 2.24) is 10.4 Å². The zero-order valence-corrected chi connectivity index (χ0v) is 5.99. The van der Waals surface area contributed by atoms with Crippen LogP contribution in [-0.2, 0) is 4.74 Å². The van der Waals surface area contributed by atoms with E-state index in [0.717, 1.165) is 19.8 Å². The summed E-state index contributed by atoms with van der Waals surface area (Å²) in [5.74, 6) is 0. The van der Waals surface area contributed by atoms with Gasteiger partial charge in [-0.15, -0.1) is 12.4 Å². The van der Waals surface area contributed by atoms with E-state index >= 15 is 0 Å². The Morgan fingerprint density at radius 3 is 3.11 bits per heavy atom. The number of nitrogens with zero attached hydrogens (tertiary/aromatic N) is 1. The second-order valence-electron chi connectivity index (χ2n) is 2.34. The number of hydrogen-bond donors (Lipinski definition) is 1. The van der Waals surface area contributed by atoms with Crippen LogP contribution in [0.4, 0.5) is 0 Å². The molecular weight excluding hydrogens is 140 g/mol. The predicted molar refractivity (Wildman–Crippen MR) is 36.3 cm³/mol. The lowest BCUT2D eigenvalue weighted by Crippen LogP contribution is -2.41. The van der Waals surface area contributed by atoms with E-state index < -0.39 is 0 Å². The summed E-state index contributed by atoms with van der Waals surface area (Å²) >= 11 is 0. The van der Waals surface area contributed by atoms with Crippen LogP contribution in [-0.4, -0.2) is 30.9 Å². The maximum Gasteiger partial charge on any atom is 0.112 e. The molecule has 3 nitrogen and oxygen atoms in total. The highest BCUT2D eigenvalue weighted by atomic mass is 35.5. The van der Waals surface area contributed by atoms with Crippen LogP contribution in [0.25, 0.3) is 0 Å². The molecule has 9 heavy (non-hydrogen) atoms. The van der Waals surface area contributed by atoms with Gasteiger partial charge in [-0.2, -0.15) is 0 Å². The van der Waals surface area contributed by atoms with E-state index in [9.17, 15) is 0 Å². The van der Waals surface area contributed by atoms with Gasteiger partial charge in [0.1, 0.15) is 6.73 Å². The fourth-order valence-electron chi connectivity index (χ4n) is 1.22. The van der Waals surface area contributed by atoms with Crippen LogP contribution >= 0.6 is 12.4 Å². The first kappa shape index (κ1) is 7.28. The molecule has 2 unspecified atom stereocenters. The molecule has 1 N–H and O–H groups in total. The highest BCUT2D eigenvalue weighted by Gasteiger charge is 2.26. The third-order valence-electron chi connectivity index (χ3n) is 1.69. The molecule has 2 aliphatic rings. The number of halogens is 1. The van der Waals surface area contributed by atoms with Crippen molar-refractivity contribution >= 4 is 12.4 Å². The molecule has 0 radical (unpaired) electrons. The fraction of sp³-hybridized carbons (Fsp3) is 1.00. The molecule has 0 amide bonds. The van der Waals surface area contributed by atoms with Gasteiger partial charge in [0.2, 0.25) is 0 Å². The third kappa shape index (κ3) is 1.35. The molecule has 2 heterocycles. The van der Waals surface area contributed by atoms with E-state index in [1.807, 2.05) is 0 Å². The zero-order chi connectivity index (χ0) is 5.40. The minimum absolute atomic E-state index is 0. The van der Waals surface area contributed by atoms with Crippen molar-refractivity contribution in [1.29, 1.82) is 0 Å². The quantitative estimate of drug-likeness (QED) is 0.525. The number of rotatable bonds is 0. The van der Waals surface area contributed by atoms with Crippen LogP contribution in [0.3, 0.4) is 0 Å². The highest BCUT2D eigenvalue weighted by molar-refractivity contribution is 5.85. The first-order valence-corrected chi connectivity index (χ1v) is 3.05. The molecule has 2 rings (SSSR count). The number of ether oxygens (including phenoxy) is 1. The molecule has 2 aliphatic heterocycles. The van der Waals surface area contributed by atoms with Crippen molar-refractivity contribution in [3.63, 3.8) is 0 Å². The van der Waals surface area contributed by atoms with Crippen LogP contribution in [0, 0.1) is 0 Å². The van der Waals surface area contributed by atoms with Crippen molar-refractivity contribution in [2.24, 2.45) is 0 Å². The second kappa shape index (κ2) is 2.84. The van der Waals surface area contributed by atoms with Gasteiger partial charge in [0.05, 0.1) is 6.10 Å². The number of fused-ring (bicyclic) bond motifs is 2. The largest absolute Gasteiger partial charge is 0.360 e. The average molecular weight is 151 g/mol. The molecule has 54 valence electrons. The van der Waals surface area contributed by atoms with Gasteiger partial charge in [-0.1, -0.05) is 0 Å². The first-order chi connectivity index (χ1) is 3.95. The lowest BCUT2D eigenvalue weighted by atomic mass is 10.2. The summed E-state index contributed by atoms with van der Waals surface area (Å²) in [4.78, 5) is 0. The van der Waals surface area contributed by atoms with E-state index in [1.165, 1.54) is 6.42 Å². The van der Waals surface area contributed by atoms with Gasteiger partial charge in [-0.05, 0) is 6.42 Å². The Morgan fingerprint density at radius 2 is 2.44 bits per heavy atom. The van der Waals surface area contributed by atoms with Crippen molar-refractivity contribution in [2.75, 3.05) is 19.8 Å². The predicted octanol–water partition coefficient (Wildman–Crippen LogP) is -0.0252. The Bertz CT molecular complexity index is 87.0. The normalized spacial score (nSPS) is 40.0. The fourth-order valence-corrected chi connectivity index (χ4v) is 1.22. The lowest BCUT2D eigenvalue weighted by molar-refractivity contribution is 0.0975. The standard InChI is InChI=1S/C5H10N2O.ClH/c1-2-6-7-3-5(1)8-4-7;/h5-6H,1-4H2;1H. The summed E-state index contributed by atoms with van der Waals surface area (Å²) in [5, 5.41) is 2.12. The van der Waals surface area contributed by atoms with Crippen molar-refractivity contribution in [2.45, 2.75) is 12.5 Å². The summed E-state index contributed by atoms with van der Waals surface area (Å²) < 4.78 is 5.34. The molecule has 2 bridgehead atoms. The summed E-state index contributed by atoms with van der Waals surface area (Å²) in [5.41, 5.74) is 3.22. The summed E-state index contributed by atoms with van der Waals surface area (Å²) in [7, 11) is 0. The van der Waals surface area contributed by atoms with Gasteiger partial charge in [0.25, 0.3) is 0 Å². The minimum atomic E-state index is 0. The van der Waals surface area contributed by atoms with Crippen LogP contribution in [0.1, 0.15) is 6.42 Å². The Labute approximate surface area is 60.7 Å². The number of hydrogen-bond acceptors (Lipinski definition) is 3. The molecule has 0 aliphatic carbocycles. The maximum atomic E-state index is 5.34. The second-order valence-corrected chi connectivity index (χ2v) is 2.34. The van der Waals surface area contributed by atoms with Gasteiger partial charge in [0, 0.05) is 13.1 Å².